The highest BCUT2D eigenvalue weighted by atomic mass is 16.5. The topological polar surface area (TPSA) is 75.6 Å². The van der Waals surface area contributed by atoms with Gasteiger partial charge in [-0.05, 0) is 23.6 Å². The average molecular weight is 327 g/mol. The van der Waals surface area contributed by atoms with Gasteiger partial charge in [-0.15, -0.1) is 0 Å². The van der Waals surface area contributed by atoms with E-state index in [0.717, 1.165) is 11.1 Å². The summed E-state index contributed by atoms with van der Waals surface area (Å²) in [5.74, 6) is -1.54. The minimum atomic E-state index is -1.07. The van der Waals surface area contributed by atoms with Crippen molar-refractivity contribution in [2.75, 3.05) is 7.11 Å². The maximum Gasteiger partial charge on any atom is 0.326 e. The molecule has 5 heteroatoms. The Kier molecular flexibility index (Phi) is 6.09. The minimum Gasteiger partial charge on any atom is -0.480 e. The van der Waals surface area contributed by atoms with Gasteiger partial charge in [0, 0.05) is 13.5 Å². The number of amides is 1. The molecule has 0 spiro atoms. The normalized spacial score (nSPS) is 13.1. The molecule has 0 heterocycles. The number of hydrogen-bond donors (Lipinski definition) is 2. The first kappa shape index (κ1) is 17.7. The van der Waals surface area contributed by atoms with Gasteiger partial charge in [-0.25, -0.2) is 4.79 Å². The number of carboxylic acids is 1. The van der Waals surface area contributed by atoms with Crippen LogP contribution in [0.25, 0.3) is 0 Å². The van der Waals surface area contributed by atoms with Crippen LogP contribution in [-0.4, -0.2) is 30.1 Å². The molecule has 1 amide bonds. The van der Waals surface area contributed by atoms with Crippen molar-refractivity contribution in [3.63, 3.8) is 0 Å². The Labute approximate surface area is 141 Å². The average Bonchev–Trinajstić information content (AvgIpc) is 2.57. The largest absolute Gasteiger partial charge is 0.480 e. The molecular weight excluding hydrogens is 306 g/mol. The standard InChI is InChI=1S/C19H21NO4/c1-13-8-6-7-11-15(13)12-16(19(22)23)20-18(21)17(24-2)14-9-4-3-5-10-14/h3-11,16-17H,12H2,1-2H3,(H,20,21)(H,22,23)/t16-,17+/m1/s1. The summed E-state index contributed by atoms with van der Waals surface area (Å²) in [6.45, 7) is 1.91. The van der Waals surface area contributed by atoms with Crippen LogP contribution < -0.4 is 5.32 Å². The molecule has 0 saturated carbocycles. The quantitative estimate of drug-likeness (QED) is 0.819. The molecule has 0 aliphatic rings. The van der Waals surface area contributed by atoms with Gasteiger partial charge >= 0.3 is 5.97 Å². The molecule has 126 valence electrons. The van der Waals surface area contributed by atoms with Crippen LogP contribution in [0.5, 0.6) is 0 Å². The lowest BCUT2D eigenvalue weighted by Crippen LogP contribution is -2.44. The maximum atomic E-state index is 12.5. The number of methoxy groups -OCH3 is 1. The fraction of sp³-hybridized carbons (Fsp3) is 0.263. The number of carboxylic acid groups (broad SMARTS) is 1. The fourth-order valence-electron chi connectivity index (χ4n) is 2.53. The molecule has 0 aromatic heterocycles. The van der Waals surface area contributed by atoms with Gasteiger partial charge in [-0.3, -0.25) is 4.79 Å². The van der Waals surface area contributed by atoms with Gasteiger partial charge in [-0.1, -0.05) is 54.6 Å². The van der Waals surface area contributed by atoms with Crippen LogP contribution in [0.15, 0.2) is 54.6 Å². The summed E-state index contributed by atoms with van der Waals surface area (Å²) in [6.07, 6.45) is -0.621. The van der Waals surface area contributed by atoms with Crippen molar-refractivity contribution in [2.45, 2.75) is 25.5 Å². The van der Waals surface area contributed by atoms with E-state index in [1.807, 2.05) is 37.3 Å². The summed E-state index contributed by atoms with van der Waals surface area (Å²) >= 11 is 0. The third-order valence-electron chi connectivity index (χ3n) is 3.88. The fourth-order valence-corrected chi connectivity index (χ4v) is 2.53. The summed E-state index contributed by atoms with van der Waals surface area (Å²) in [5.41, 5.74) is 2.56. The Balaban J connectivity index is 2.13. The summed E-state index contributed by atoms with van der Waals surface area (Å²) < 4.78 is 5.25. The van der Waals surface area contributed by atoms with Gasteiger partial charge in [0.05, 0.1) is 0 Å². The van der Waals surface area contributed by atoms with E-state index >= 15 is 0 Å². The van der Waals surface area contributed by atoms with Gasteiger partial charge in [-0.2, -0.15) is 0 Å². The third-order valence-corrected chi connectivity index (χ3v) is 3.88. The second-order valence-electron chi connectivity index (χ2n) is 5.56. The molecule has 2 aromatic carbocycles. The molecule has 2 rings (SSSR count). The summed E-state index contributed by atoms with van der Waals surface area (Å²) in [7, 11) is 1.42. The first-order valence-electron chi connectivity index (χ1n) is 7.68. The van der Waals surface area contributed by atoms with E-state index in [2.05, 4.69) is 5.32 Å². The van der Waals surface area contributed by atoms with Crippen molar-refractivity contribution < 1.29 is 19.4 Å². The van der Waals surface area contributed by atoms with Crippen LogP contribution in [0.4, 0.5) is 0 Å². The molecule has 0 aliphatic heterocycles. The number of nitrogens with one attached hydrogen (secondary N) is 1. The van der Waals surface area contributed by atoms with Crippen LogP contribution >= 0.6 is 0 Å². The number of benzene rings is 2. The zero-order valence-corrected chi connectivity index (χ0v) is 13.7. The van der Waals surface area contributed by atoms with Crippen molar-refractivity contribution in [1.29, 1.82) is 0 Å². The predicted molar refractivity (Wildman–Crippen MR) is 90.6 cm³/mol. The lowest BCUT2D eigenvalue weighted by molar-refractivity contribution is -0.144. The number of carbonyl (C=O) groups excluding carboxylic acids is 1. The van der Waals surface area contributed by atoms with Crippen molar-refractivity contribution in [2.24, 2.45) is 0 Å². The van der Waals surface area contributed by atoms with Gasteiger partial charge in [0.1, 0.15) is 6.04 Å². The molecule has 0 fully saturated rings. The SMILES string of the molecule is CO[C@H](C(=O)N[C@H](Cc1ccccc1C)C(=O)O)c1ccccc1. The summed E-state index contributed by atoms with van der Waals surface area (Å²) in [6, 6.07) is 15.5. The Hall–Kier alpha value is -2.66. The Bertz CT molecular complexity index is 700. The highest BCUT2D eigenvalue weighted by Gasteiger charge is 2.26. The van der Waals surface area contributed by atoms with Crippen LogP contribution in [0.2, 0.25) is 0 Å². The number of aryl methyl sites for hydroxylation is 1. The van der Waals surface area contributed by atoms with Crippen LogP contribution in [0, 0.1) is 6.92 Å². The van der Waals surface area contributed by atoms with Gasteiger partial charge < -0.3 is 15.2 Å². The van der Waals surface area contributed by atoms with E-state index in [1.54, 1.807) is 24.3 Å². The molecule has 0 radical (unpaired) electrons. The minimum absolute atomic E-state index is 0.221. The van der Waals surface area contributed by atoms with E-state index in [0.29, 0.717) is 5.56 Å². The lowest BCUT2D eigenvalue weighted by atomic mass is 10.0. The van der Waals surface area contributed by atoms with E-state index in [-0.39, 0.29) is 6.42 Å². The second kappa shape index (κ2) is 8.26. The van der Waals surface area contributed by atoms with Crippen molar-refractivity contribution in [3.8, 4) is 0 Å². The number of aliphatic carboxylic acids is 1. The number of ether oxygens (including phenoxy) is 1. The number of hydrogen-bond acceptors (Lipinski definition) is 3. The van der Waals surface area contributed by atoms with Crippen molar-refractivity contribution >= 4 is 11.9 Å². The monoisotopic (exact) mass is 327 g/mol. The van der Waals surface area contributed by atoms with Crippen LogP contribution in [-0.2, 0) is 20.7 Å². The lowest BCUT2D eigenvalue weighted by Gasteiger charge is -2.20. The maximum absolute atomic E-state index is 12.5. The van der Waals surface area contributed by atoms with Crippen LogP contribution in [0.1, 0.15) is 22.8 Å². The smallest absolute Gasteiger partial charge is 0.326 e. The Morgan fingerprint density at radius 2 is 1.71 bits per heavy atom. The molecule has 0 bridgehead atoms. The molecule has 2 aromatic rings. The molecule has 0 saturated heterocycles. The van der Waals surface area contributed by atoms with Gasteiger partial charge in [0.2, 0.25) is 0 Å². The van der Waals surface area contributed by atoms with E-state index < -0.39 is 24.0 Å². The van der Waals surface area contributed by atoms with E-state index in [1.165, 1.54) is 7.11 Å². The molecule has 0 unspecified atom stereocenters. The molecule has 0 aliphatic carbocycles. The van der Waals surface area contributed by atoms with Gasteiger partial charge in [0.15, 0.2) is 6.10 Å². The molecule has 5 nitrogen and oxygen atoms in total. The molecular formula is C19H21NO4. The Morgan fingerprint density at radius 3 is 2.29 bits per heavy atom. The summed E-state index contributed by atoms with van der Waals surface area (Å²) in [5, 5.41) is 12.0. The second-order valence-corrected chi connectivity index (χ2v) is 5.56. The Morgan fingerprint density at radius 1 is 1.08 bits per heavy atom. The number of rotatable bonds is 7. The molecule has 2 N–H and O–H groups in total. The predicted octanol–water partition coefficient (Wildman–Crippen LogP) is 2.49. The van der Waals surface area contributed by atoms with E-state index in [9.17, 15) is 14.7 Å². The van der Waals surface area contributed by atoms with E-state index in [4.69, 9.17) is 4.74 Å². The van der Waals surface area contributed by atoms with Crippen LogP contribution in [0.3, 0.4) is 0 Å². The van der Waals surface area contributed by atoms with Gasteiger partial charge in [0.25, 0.3) is 5.91 Å². The zero-order valence-electron chi connectivity index (χ0n) is 13.7. The van der Waals surface area contributed by atoms with Crippen molar-refractivity contribution in [3.05, 3.63) is 71.3 Å². The zero-order chi connectivity index (χ0) is 17.5. The highest BCUT2D eigenvalue weighted by molar-refractivity contribution is 5.87. The first-order chi connectivity index (χ1) is 11.5. The molecule has 2 atom stereocenters. The summed E-state index contributed by atoms with van der Waals surface area (Å²) in [4.78, 5) is 24.0. The number of carbonyl (C=O) groups is 2. The van der Waals surface area contributed by atoms with Crippen molar-refractivity contribution in [1.82, 2.24) is 5.32 Å². The third kappa shape index (κ3) is 4.43. The first-order valence-corrected chi connectivity index (χ1v) is 7.68. The highest BCUT2D eigenvalue weighted by Crippen LogP contribution is 2.17. The molecule has 24 heavy (non-hydrogen) atoms.